The molecule has 1 aliphatic rings. The second kappa shape index (κ2) is 4.75. The smallest absolute Gasteiger partial charge is 0.0270 e. The molecule has 2 nitrogen and oxygen atoms in total. The summed E-state index contributed by atoms with van der Waals surface area (Å²) < 4.78 is 0. The lowest BCUT2D eigenvalue weighted by Gasteiger charge is -2.32. The van der Waals surface area contributed by atoms with Crippen LogP contribution in [0.3, 0.4) is 0 Å². The molecular weight excluding hydrogens is 184 g/mol. The highest BCUT2D eigenvalue weighted by Crippen LogP contribution is 2.31. The van der Waals surface area contributed by atoms with Gasteiger partial charge in [-0.2, -0.15) is 0 Å². The van der Waals surface area contributed by atoms with Gasteiger partial charge in [-0.05, 0) is 55.2 Å². The number of hydrogen-bond donors (Lipinski definition) is 1. The van der Waals surface area contributed by atoms with E-state index in [4.69, 9.17) is 5.73 Å². The van der Waals surface area contributed by atoms with Crippen molar-refractivity contribution in [3.05, 3.63) is 30.1 Å². The molecule has 0 amide bonds. The van der Waals surface area contributed by atoms with Crippen molar-refractivity contribution in [1.29, 1.82) is 0 Å². The lowest BCUT2D eigenvalue weighted by atomic mass is 9.75. The van der Waals surface area contributed by atoms with Crippen molar-refractivity contribution in [2.45, 2.75) is 38.6 Å². The van der Waals surface area contributed by atoms with Gasteiger partial charge >= 0.3 is 0 Å². The van der Waals surface area contributed by atoms with Crippen molar-refractivity contribution in [1.82, 2.24) is 4.98 Å². The largest absolute Gasteiger partial charge is 0.328 e. The minimum Gasteiger partial charge on any atom is -0.328 e. The number of rotatable bonds is 2. The molecule has 3 atom stereocenters. The topological polar surface area (TPSA) is 38.9 Å². The van der Waals surface area contributed by atoms with E-state index in [1.165, 1.54) is 24.8 Å². The zero-order chi connectivity index (χ0) is 10.7. The molecule has 2 N–H and O–H groups in total. The third-order valence-corrected chi connectivity index (χ3v) is 3.65. The van der Waals surface area contributed by atoms with E-state index < -0.39 is 0 Å². The van der Waals surface area contributed by atoms with Crippen LogP contribution in [0, 0.1) is 11.8 Å². The van der Waals surface area contributed by atoms with E-state index in [2.05, 4.69) is 24.0 Å². The molecule has 1 heterocycles. The summed E-state index contributed by atoms with van der Waals surface area (Å²) in [7, 11) is 0. The number of nitrogens with zero attached hydrogens (tertiary/aromatic N) is 1. The third-order valence-electron chi connectivity index (χ3n) is 3.65. The highest BCUT2D eigenvalue weighted by molar-refractivity contribution is 5.11. The molecule has 0 aliphatic heterocycles. The van der Waals surface area contributed by atoms with Crippen molar-refractivity contribution >= 4 is 0 Å². The normalized spacial score (nSPS) is 31.5. The predicted molar refractivity (Wildman–Crippen MR) is 62.4 cm³/mol. The average Bonchev–Trinajstić information content (AvgIpc) is 2.25. The summed E-state index contributed by atoms with van der Waals surface area (Å²) in [6.07, 6.45) is 8.59. The standard InChI is InChI=1S/C13H20N2/c1-10-2-3-13(14)9-12(10)8-11-4-6-15-7-5-11/h4-7,10,12-13H,2-3,8-9,14H2,1H3. The van der Waals surface area contributed by atoms with Crippen molar-refractivity contribution in [2.24, 2.45) is 17.6 Å². The van der Waals surface area contributed by atoms with Gasteiger partial charge in [0.2, 0.25) is 0 Å². The Hall–Kier alpha value is -0.890. The Morgan fingerprint density at radius 2 is 2.07 bits per heavy atom. The van der Waals surface area contributed by atoms with E-state index in [1.807, 2.05) is 12.4 Å². The Bertz CT molecular complexity index is 297. The molecule has 0 spiro atoms. The van der Waals surface area contributed by atoms with Crippen LogP contribution in [0.4, 0.5) is 0 Å². The lowest BCUT2D eigenvalue weighted by molar-refractivity contribution is 0.231. The molecule has 15 heavy (non-hydrogen) atoms. The van der Waals surface area contributed by atoms with Gasteiger partial charge in [-0.25, -0.2) is 0 Å². The van der Waals surface area contributed by atoms with Crippen LogP contribution in [0.25, 0.3) is 0 Å². The number of pyridine rings is 1. The van der Waals surface area contributed by atoms with E-state index in [9.17, 15) is 0 Å². The van der Waals surface area contributed by atoms with Gasteiger partial charge in [0.25, 0.3) is 0 Å². The maximum Gasteiger partial charge on any atom is 0.0270 e. The first-order valence-corrected chi connectivity index (χ1v) is 5.90. The highest BCUT2D eigenvalue weighted by atomic mass is 14.6. The third kappa shape index (κ3) is 2.78. The van der Waals surface area contributed by atoms with Gasteiger partial charge in [-0.3, -0.25) is 4.98 Å². The first-order valence-electron chi connectivity index (χ1n) is 5.90. The predicted octanol–water partition coefficient (Wildman–Crippen LogP) is 2.39. The van der Waals surface area contributed by atoms with Gasteiger partial charge in [0, 0.05) is 18.4 Å². The van der Waals surface area contributed by atoms with E-state index in [0.717, 1.165) is 18.3 Å². The fourth-order valence-electron chi connectivity index (χ4n) is 2.56. The molecular formula is C13H20N2. The fraction of sp³-hybridized carbons (Fsp3) is 0.615. The SMILES string of the molecule is CC1CCC(N)CC1Cc1ccncc1. The minimum atomic E-state index is 0.424. The summed E-state index contributed by atoms with van der Waals surface area (Å²) >= 11 is 0. The molecule has 3 unspecified atom stereocenters. The highest BCUT2D eigenvalue weighted by Gasteiger charge is 2.25. The van der Waals surface area contributed by atoms with Gasteiger partial charge in [-0.15, -0.1) is 0 Å². The Labute approximate surface area is 91.9 Å². The van der Waals surface area contributed by atoms with Crippen LogP contribution in [-0.4, -0.2) is 11.0 Å². The van der Waals surface area contributed by atoms with Crippen LogP contribution < -0.4 is 5.73 Å². The van der Waals surface area contributed by atoms with E-state index in [0.29, 0.717) is 6.04 Å². The fourth-order valence-corrected chi connectivity index (χ4v) is 2.56. The van der Waals surface area contributed by atoms with E-state index in [1.54, 1.807) is 0 Å². The summed E-state index contributed by atoms with van der Waals surface area (Å²) in [6, 6.07) is 4.66. The van der Waals surface area contributed by atoms with Gasteiger partial charge in [0.15, 0.2) is 0 Å². The summed E-state index contributed by atoms with van der Waals surface area (Å²) in [5.41, 5.74) is 7.43. The Balaban J connectivity index is 1.98. The maximum absolute atomic E-state index is 6.03. The Kier molecular flexibility index (Phi) is 3.37. The second-order valence-corrected chi connectivity index (χ2v) is 4.87. The van der Waals surface area contributed by atoms with Crippen LogP contribution in [0.5, 0.6) is 0 Å². The van der Waals surface area contributed by atoms with Crippen LogP contribution >= 0.6 is 0 Å². The van der Waals surface area contributed by atoms with E-state index in [-0.39, 0.29) is 0 Å². The molecule has 1 aromatic rings. The van der Waals surface area contributed by atoms with Crippen molar-refractivity contribution in [3.63, 3.8) is 0 Å². The molecule has 0 bridgehead atoms. The molecule has 2 rings (SSSR count). The maximum atomic E-state index is 6.03. The average molecular weight is 204 g/mol. The Morgan fingerprint density at radius 3 is 2.80 bits per heavy atom. The van der Waals surface area contributed by atoms with Crippen LogP contribution in [0.2, 0.25) is 0 Å². The first-order chi connectivity index (χ1) is 7.25. The van der Waals surface area contributed by atoms with Gasteiger partial charge in [0.1, 0.15) is 0 Å². The quantitative estimate of drug-likeness (QED) is 0.803. The second-order valence-electron chi connectivity index (χ2n) is 4.87. The van der Waals surface area contributed by atoms with Gasteiger partial charge < -0.3 is 5.73 Å². The monoisotopic (exact) mass is 204 g/mol. The number of hydrogen-bond acceptors (Lipinski definition) is 2. The summed E-state index contributed by atoms with van der Waals surface area (Å²) in [5.74, 6) is 1.58. The van der Waals surface area contributed by atoms with Crippen LogP contribution in [-0.2, 0) is 6.42 Å². The molecule has 1 saturated carbocycles. The van der Waals surface area contributed by atoms with Crippen LogP contribution in [0.1, 0.15) is 31.7 Å². The number of aromatic nitrogens is 1. The molecule has 0 saturated heterocycles. The van der Waals surface area contributed by atoms with Gasteiger partial charge in [-0.1, -0.05) is 6.92 Å². The molecule has 0 radical (unpaired) electrons. The van der Waals surface area contributed by atoms with Crippen LogP contribution in [0.15, 0.2) is 24.5 Å². The molecule has 1 fully saturated rings. The summed E-state index contributed by atoms with van der Waals surface area (Å²) in [6.45, 7) is 2.36. The summed E-state index contributed by atoms with van der Waals surface area (Å²) in [4.78, 5) is 4.05. The molecule has 1 aromatic heterocycles. The van der Waals surface area contributed by atoms with E-state index >= 15 is 0 Å². The minimum absolute atomic E-state index is 0.424. The zero-order valence-electron chi connectivity index (χ0n) is 9.39. The first kappa shape index (κ1) is 10.6. The lowest BCUT2D eigenvalue weighted by Crippen LogP contribution is -2.33. The summed E-state index contributed by atoms with van der Waals surface area (Å²) in [5, 5.41) is 0. The van der Waals surface area contributed by atoms with Crippen molar-refractivity contribution in [2.75, 3.05) is 0 Å². The number of nitrogens with two attached hydrogens (primary N) is 1. The molecule has 1 aliphatic carbocycles. The molecule has 0 aromatic carbocycles. The van der Waals surface area contributed by atoms with Gasteiger partial charge in [0.05, 0.1) is 0 Å². The van der Waals surface area contributed by atoms with Crippen molar-refractivity contribution < 1.29 is 0 Å². The molecule has 2 heteroatoms. The zero-order valence-corrected chi connectivity index (χ0v) is 9.39. The van der Waals surface area contributed by atoms with Crippen molar-refractivity contribution in [3.8, 4) is 0 Å². The Morgan fingerprint density at radius 1 is 1.33 bits per heavy atom. The molecule has 82 valence electrons.